The minimum absolute atomic E-state index is 0.300. The van der Waals surface area contributed by atoms with Crippen LogP contribution in [0, 0.1) is 0 Å². The number of hydrogen-bond acceptors (Lipinski definition) is 7. The highest BCUT2D eigenvalue weighted by atomic mass is 16.5. The monoisotopic (exact) mass is 496 g/mol. The number of rotatable bonds is 7. The molecule has 1 amide bonds. The van der Waals surface area contributed by atoms with Crippen molar-refractivity contribution in [2.75, 3.05) is 19.5 Å². The molecule has 1 unspecified atom stereocenters. The van der Waals surface area contributed by atoms with E-state index in [2.05, 4.69) is 10.3 Å². The van der Waals surface area contributed by atoms with Crippen LogP contribution >= 0.6 is 0 Å². The molecule has 37 heavy (non-hydrogen) atoms. The molecule has 0 radical (unpaired) electrons. The molecule has 8 heteroatoms. The zero-order chi connectivity index (χ0) is 25.9. The van der Waals surface area contributed by atoms with Crippen molar-refractivity contribution in [3.63, 3.8) is 0 Å². The number of ether oxygens (including phenoxy) is 3. The van der Waals surface area contributed by atoms with Gasteiger partial charge in [-0.25, -0.2) is 9.78 Å². The van der Waals surface area contributed by atoms with E-state index in [1.54, 1.807) is 30.3 Å². The van der Waals surface area contributed by atoms with Crippen molar-refractivity contribution < 1.29 is 28.2 Å². The summed E-state index contributed by atoms with van der Waals surface area (Å²) >= 11 is 0. The molecule has 0 aliphatic carbocycles. The van der Waals surface area contributed by atoms with Crippen molar-refractivity contribution in [2.45, 2.75) is 13.0 Å². The molecule has 0 fully saturated rings. The summed E-state index contributed by atoms with van der Waals surface area (Å²) in [6.07, 6.45) is -1.09. The standard InChI is InChI=1S/C29H24N2O6/c1-17(27(32)30-23-16-19(34-2)14-15-24(23)35-3)36-29(33)21-11-7-9-18-8-6-10-20(26(18)21)28-31-22-12-4-5-13-25(22)37-28/h4-17H,1-3H3,(H,30,32). The van der Waals surface area contributed by atoms with Crippen molar-refractivity contribution in [3.05, 3.63) is 84.4 Å². The van der Waals surface area contributed by atoms with Gasteiger partial charge in [-0.1, -0.05) is 36.4 Å². The molecule has 8 nitrogen and oxygen atoms in total. The molecule has 186 valence electrons. The Balaban J connectivity index is 1.44. The Morgan fingerprint density at radius 3 is 2.46 bits per heavy atom. The summed E-state index contributed by atoms with van der Waals surface area (Å²) in [5.41, 5.74) is 2.72. The van der Waals surface area contributed by atoms with Gasteiger partial charge in [0.25, 0.3) is 5.91 Å². The quantitative estimate of drug-likeness (QED) is 0.282. The Morgan fingerprint density at radius 2 is 1.70 bits per heavy atom. The number of esters is 1. The number of nitrogens with one attached hydrogen (secondary N) is 1. The Labute approximate surface area is 212 Å². The summed E-state index contributed by atoms with van der Waals surface area (Å²) < 4.78 is 22.1. The maximum absolute atomic E-state index is 13.3. The van der Waals surface area contributed by atoms with E-state index in [0.717, 1.165) is 5.39 Å². The number of amides is 1. The molecule has 0 aliphatic rings. The van der Waals surface area contributed by atoms with Crippen LogP contribution in [-0.4, -0.2) is 37.2 Å². The third-order valence-electron chi connectivity index (χ3n) is 5.97. The van der Waals surface area contributed by atoms with Crippen LogP contribution in [-0.2, 0) is 9.53 Å². The smallest absolute Gasteiger partial charge is 0.339 e. The van der Waals surface area contributed by atoms with E-state index < -0.39 is 18.0 Å². The first kappa shape index (κ1) is 23.9. The average Bonchev–Trinajstić information content (AvgIpc) is 3.36. The third-order valence-corrected chi connectivity index (χ3v) is 5.97. The zero-order valence-electron chi connectivity index (χ0n) is 20.5. The van der Waals surface area contributed by atoms with Gasteiger partial charge < -0.3 is 23.9 Å². The number of hydrogen-bond donors (Lipinski definition) is 1. The molecule has 0 saturated heterocycles. The summed E-state index contributed by atoms with van der Waals surface area (Å²) in [6.45, 7) is 1.51. The van der Waals surface area contributed by atoms with Crippen LogP contribution in [0.4, 0.5) is 5.69 Å². The maximum atomic E-state index is 13.3. The van der Waals surface area contributed by atoms with Crippen molar-refractivity contribution in [1.82, 2.24) is 4.98 Å². The molecule has 1 N–H and O–H groups in total. The second kappa shape index (κ2) is 10.0. The highest BCUT2D eigenvalue weighted by Gasteiger charge is 2.23. The largest absolute Gasteiger partial charge is 0.497 e. The fourth-order valence-corrected chi connectivity index (χ4v) is 4.10. The molecule has 5 aromatic rings. The number of benzene rings is 4. The Morgan fingerprint density at radius 1 is 0.919 bits per heavy atom. The lowest BCUT2D eigenvalue weighted by Crippen LogP contribution is -2.30. The summed E-state index contributed by atoms with van der Waals surface area (Å²) in [7, 11) is 3.02. The molecule has 0 saturated carbocycles. The second-order valence-electron chi connectivity index (χ2n) is 8.30. The Hall–Kier alpha value is -4.85. The van der Waals surface area contributed by atoms with Gasteiger partial charge in [-0.2, -0.15) is 0 Å². The minimum Gasteiger partial charge on any atom is -0.497 e. The lowest BCUT2D eigenvalue weighted by Gasteiger charge is -2.17. The van der Waals surface area contributed by atoms with Crippen LogP contribution in [0.5, 0.6) is 11.5 Å². The van der Waals surface area contributed by atoms with E-state index in [1.165, 1.54) is 21.1 Å². The SMILES string of the molecule is COc1ccc(OC)c(NC(=O)C(C)OC(=O)c2cccc3cccc(-c4nc5ccccc5o4)c23)c1. The molecular formula is C29H24N2O6. The van der Waals surface area contributed by atoms with Gasteiger partial charge >= 0.3 is 5.97 Å². The number of carbonyl (C=O) groups excluding carboxylic acids is 2. The molecule has 0 spiro atoms. The summed E-state index contributed by atoms with van der Waals surface area (Å²) in [6, 6.07) is 23.4. The highest BCUT2D eigenvalue weighted by Crippen LogP contribution is 2.33. The molecule has 1 heterocycles. The molecule has 5 rings (SSSR count). The van der Waals surface area contributed by atoms with E-state index >= 15 is 0 Å². The van der Waals surface area contributed by atoms with E-state index in [0.29, 0.717) is 50.7 Å². The fraction of sp³-hybridized carbons (Fsp3) is 0.138. The maximum Gasteiger partial charge on any atom is 0.339 e. The van der Waals surface area contributed by atoms with Gasteiger partial charge in [-0.3, -0.25) is 4.79 Å². The van der Waals surface area contributed by atoms with Gasteiger partial charge in [0.05, 0.1) is 25.5 Å². The van der Waals surface area contributed by atoms with Crippen LogP contribution in [0.2, 0.25) is 0 Å². The van der Waals surface area contributed by atoms with Crippen LogP contribution < -0.4 is 14.8 Å². The predicted octanol–water partition coefficient (Wildman–Crippen LogP) is 5.85. The molecule has 0 aliphatic heterocycles. The van der Waals surface area contributed by atoms with Crippen LogP contribution in [0.15, 0.2) is 83.3 Å². The van der Waals surface area contributed by atoms with E-state index in [4.69, 9.17) is 18.6 Å². The summed E-state index contributed by atoms with van der Waals surface area (Å²) in [5.74, 6) is 0.227. The Bertz CT molecular complexity index is 1590. The zero-order valence-corrected chi connectivity index (χ0v) is 20.5. The van der Waals surface area contributed by atoms with E-state index in [-0.39, 0.29) is 0 Å². The molecule has 4 aromatic carbocycles. The van der Waals surface area contributed by atoms with Crippen molar-refractivity contribution >= 4 is 39.4 Å². The van der Waals surface area contributed by atoms with E-state index in [1.807, 2.05) is 48.5 Å². The van der Waals surface area contributed by atoms with Crippen molar-refractivity contribution in [2.24, 2.45) is 0 Å². The number of nitrogens with zero attached hydrogens (tertiary/aromatic N) is 1. The number of aromatic nitrogens is 1. The molecular weight excluding hydrogens is 472 g/mol. The number of methoxy groups -OCH3 is 2. The normalized spacial score (nSPS) is 11.8. The van der Waals surface area contributed by atoms with E-state index in [9.17, 15) is 9.59 Å². The van der Waals surface area contributed by atoms with Gasteiger partial charge in [0.1, 0.15) is 17.0 Å². The number of oxazole rings is 1. The van der Waals surface area contributed by atoms with Gasteiger partial charge in [0, 0.05) is 17.0 Å². The number of para-hydroxylation sites is 2. The first-order valence-electron chi connectivity index (χ1n) is 11.6. The number of carbonyl (C=O) groups is 2. The van der Waals surface area contributed by atoms with Crippen molar-refractivity contribution in [1.29, 1.82) is 0 Å². The van der Waals surface area contributed by atoms with Crippen LogP contribution in [0.25, 0.3) is 33.3 Å². The molecule has 0 bridgehead atoms. The van der Waals surface area contributed by atoms with Crippen molar-refractivity contribution in [3.8, 4) is 23.0 Å². The second-order valence-corrected chi connectivity index (χ2v) is 8.30. The van der Waals surface area contributed by atoms with Gasteiger partial charge in [0.2, 0.25) is 5.89 Å². The summed E-state index contributed by atoms with van der Waals surface area (Å²) in [4.78, 5) is 30.8. The van der Waals surface area contributed by atoms with Gasteiger partial charge in [-0.15, -0.1) is 0 Å². The van der Waals surface area contributed by atoms with Gasteiger partial charge in [0.15, 0.2) is 11.7 Å². The lowest BCUT2D eigenvalue weighted by atomic mass is 9.99. The predicted molar refractivity (Wildman–Crippen MR) is 140 cm³/mol. The first-order valence-corrected chi connectivity index (χ1v) is 11.6. The fourth-order valence-electron chi connectivity index (χ4n) is 4.10. The number of anilines is 1. The minimum atomic E-state index is -1.09. The third kappa shape index (κ3) is 4.69. The highest BCUT2D eigenvalue weighted by molar-refractivity contribution is 6.11. The first-order chi connectivity index (χ1) is 18.0. The van der Waals surface area contributed by atoms with Crippen LogP contribution in [0.1, 0.15) is 17.3 Å². The van der Waals surface area contributed by atoms with Crippen LogP contribution in [0.3, 0.4) is 0 Å². The summed E-state index contributed by atoms with van der Waals surface area (Å²) in [5, 5.41) is 4.18. The topological polar surface area (TPSA) is 99.9 Å². The molecule has 1 aromatic heterocycles. The lowest BCUT2D eigenvalue weighted by molar-refractivity contribution is -0.123. The average molecular weight is 497 g/mol. The Kier molecular flexibility index (Phi) is 6.47. The molecule has 1 atom stereocenters. The number of fused-ring (bicyclic) bond motifs is 2. The van der Waals surface area contributed by atoms with Gasteiger partial charge in [-0.05, 0) is 48.7 Å².